The van der Waals surface area contributed by atoms with Gasteiger partial charge < -0.3 is 0 Å². The predicted molar refractivity (Wildman–Crippen MR) is 158 cm³/mol. The summed E-state index contributed by atoms with van der Waals surface area (Å²) < 4.78 is 0. The van der Waals surface area contributed by atoms with Gasteiger partial charge in [-0.25, -0.2) is 12.2 Å². The van der Waals surface area contributed by atoms with E-state index in [9.17, 15) is 0 Å². The van der Waals surface area contributed by atoms with E-state index in [1.54, 1.807) is 23.3 Å². The third kappa shape index (κ3) is 12.8. The van der Waals surface area contributed by atoms with Crippen LogP contribution in [-0.2, 0) is 36.2 Å². The van der Waals surface area contributed by atoms with Gasteiger partial charge >= 0.3 is 30.2 Å². The molecule has 0 radical (unpaired) electrons. The molecule has 0 N–H and O–H groups in total. The minimum absolute atomic E-state index is 0. The Morgan fingerprint density at radius 1 is 0.750 bits per heavy atom. The molecule has 6 rings (SSSR count). The molecule has 0 amide bonds. The SMILES string of the molecule is CCc1[c-]c2c(cc1)-c1ccccc1C2.Cl.Cl.[C-]1=CC=CC1.[SiH2]=[Zr].[c-]1ccccc1.[c-]1ccccc1. The molecule has 0 aliphatic heterocycles. The van der Waals surface area contributed by atoms with E-state index in [-0.39, 0.29) is 24.8 Å². The molecule has 2 aliphatic rings. The molecule has 0 saturated heterocycles. The van der Waals surface area contributed by atoms with Gasteiger partial charge in [-0.3, -0.25) is 6.08 Å². The van der Waals surface area contributed by atoms with Crippen LogP contribution in [0.5, 0.6) is 0 Å². The summed E-state index contributed by atoms with van der Waals surface area (Å²) in [6.45, 7) is 4.13. The van der Waals surface area contributed by atoms with Gasteiger partial charge in [0.25, 0.3) is 0 Å². The molecule has 0 spiro atoms. The van der Waals surface area contributed by atoms with Crippen LogP contribution in [0.4, 0.5) is 0 Å². The molecule has 2 aliphatic carbocycles. The second-order valence-corrected chi connectivity index (χ2v) is 7.22. The van der Waals surface area contributed by atoms with Crippen molar-refractivity contribution in [2.24, 2.45) is 0 Å². The van der Waals surface area contributed by atoms with Crippen LogP contribution in [0.1, 0.15) is 30.0 Å². The van der Waals surface area contributed by atoms with Crippen molar-refractivity contribution in [2.45, 2.75) is 26.2 Å². The van der Waals surface area contributed by atoms with E-state index in [1.165, 1.54) is 27.8 Å². The summed E-state index contributed by atoms with van der Waals surface area (Å²) in [5, 5.41) is 0. The normalized spacial score (nSPS) is 10.3. The molecule has 4 heteroatoms. The van der Waals surface area contributed by atoms with Crippen LogP contribution in [0, 0.1) is 24.3 Å². The quantitative estimate of drug-likeness (QED) is 0.135. The number of halogens is 2. The Morgan fingerprint density at radius 2 is 1.36 bits per heavy atom. The Kier molecular flexibility index (Phi) is 21.0. The molecule has 4 aromatic rings. The zero-order valence-corrected chi connectivity index (χ0v) is 26.1. The monoisotopic (exact) mass is 604 g/mol. The Bertz CT molecular complexity index is 1030. The minimum Gasteiger partial charge on any atom is -0.184 e. The molecule has 0 atom stereocenters. The maximum absolute atomic E-state index is 3.52. The van der Waals surface area contributed by atoms with Crippen molar-refractivity contribution in [1.82, 2.24) is 0 Å². The first-order chi connectivity index (χ1) is 16.9. The Labute approximate surface area is 247 Å². The summed E-state index contributed by atoms with van der Waals surface area (Å²) in [4.78, 5) is 0. The van der Waals surface area contributed by atoms with Crippen molar-refractivity contribution in [3.8, 4) is 11.1 Å². The Balaban J connectivity index is 0.000000490. The average molecular weight is 607 g/mol. The molecule has 0 aromatic heterocycles. The zero-order valence-electron chi connectivity index (χ0n) is 20.6. The number of benzene rings is 4. The third-order valence-corrected chi connectivity index (χ3v) is 4.94. The van der Waals surface area contributed by atoms with Crippen LogP contribution in [0.25, 0.3) is 11.1 Å². The van der Waals surface area contributed by atoms with E-state index in [1.807, 2.05) is 79.7 Å². The van der Waals surface area contributed by atoms with E-state index in [0.29, 0.717) is 0 Å². The fourth-order valence-electron chi connectivity index (χ4n) is 3.34. The van der Waals surface area contributed by atoms with E-state index < -0.39 is 0 Å². The third-order valence-electron chi connectivity index (χ3n) is 4.94. The van der Waals surface area contributed by atoms with Crippen LogP contribution < -0.4 is 0 Å². The van der Waals surface area contributed by atoms with Gasteiger partial charge in [-0.1, -0.05) is 48.7 Å². The van der Waals surface area contributed by atoms with Crippen molar-refractivity contribution in [3.05, 3.63) is 156 Å². The molecule has 0 nitrogen and oxygen atoms in total. The molecule has 0 saturated carbocycles. The van der Waals surface area contributed by atoms with Crippen LogP contribution in [0.3, 0.4) is 0 Å². The molecule has 4 aromatic carbocycles. The Hall–Kier alpha value is -1.96. The molecule has 36 heavy (non-hydrogen) atoms. The number of allylic oxidation sites excluding steroid dienone is 4. The maximum atomic E-state index is 3.52. The number of aryl methyl sites for hydroxylation is 1. The summed E-state index contributed by atoms with van der Waals surface area (Å²) in [5.74, 6) is 0. The maximum Gasteiger partial charge on any atom is -0.171 e. The predicted octanol–water partition coefficient (Wildman–Crippen LogP) is 7.82. The van der Waals surface area contributed by atoms with Crippen LogP contribution >= 0.6 is 24.8 Å². The van der Waals surface area contributed by atoms with Crippen molar-refractivity contribution >= 4 is 31.7 Å². The van der Waals surface area contributed by atoms with Crippen molar-refractivity contribution in [3.63, 3.8) is 0 Å². The van der Waals surface area contributed by atoms with Gasteiger partial charge in [-0.2, -0.15) is 103 Å². The van der Waals surface area contributed by atoms with Crippen LogP contribution in [0.15, 0.2) is 115 Å². The van der Waals surface area contributed by atoms with E-state index in [0.717, 1.165) is 19.3 Å². The van der Waals surface area contributed by atoms with Gasteiger partial charge in [0.1, 0.15) is 0 Å². The van der Waals surface area contributed by atoms with Crippen LogP contribution in [-0.4, -0.2) is 6.88 Å². The fraction of sp³-hybridized carbons (Fsp3) is 0.125. The molecule has 0 heterocycles. The summed E-state index contributed by atoms with van der Waals surface area (Å²) >= 11 is 1.58. The molecule has 0 fully saturated rings. The number of rotatable bonds is 1. The number of hydrogen-bond donors (Lipinski definition) is 0. The van der Waals surface area contributed by atoms with Gasteiger partial charge in [0.2, 0.25) is 0 Å². The Morgan fingerprint density at radius 3 is 1.78 bits per heavy atom. The number of fused-ring (bicyclic) bond motifs is 3. The van der Waals surface area contributed by atoms with Crippen molar-refractivity contribution in [2.75, 3.05) is 0 Å². The average Bonchev–Trinajstić information content (AvgIpc) is 3.64. The van der Waals surface area contributed by atoms with E-state index in [2.05, 4.69) is 73.7 Å². The molecular formula is C32H32Cl2SiZr-4. The van der Waals surface area contributed by atoms with E-state index in [4.69, 9.17) is 0 Å². The van der Waals surface area contributed by atoms with Crippen molar-refractivity contribution in [1.29, 1.82) is 0 Å². The standard InChI is InChI=1S/C15H13.2C6H5.C5H5.2ClH.H2Si.Zr/c1-2-11-7-8-15-13(9-11)10-12-5-3-4-6-14(12)15;2*1-2-4-6-5-3-1;1-2-4-5-3-1;;;;/h3-8H,2,10H2,1H3;2*1-5H;1-3H,4H2;2*1H;1H2;/q4*-1;;;;. The van der Waals surface area contributed by atoms with Gasteiger partial charge in [0.05, 0.1) is 0 Å². The molecular weight excluding hydrogens is 575 g/mol. The fourth-order valence-corrected chi connectivity index (χ4v) is 3.34. The smallest absolute Gasteiger partial charge is 0.171 e. The zero-order chi connectivity index (χ0) is 24.3. The van der Waals surface area contributed by atoms with E-state index >= 15 is 0 Å². The first kappa shape index (κ1) is 34.0. The largest absolute Gasteiger partial charge is 0.184 e. The van der Waals surface area contributed by atoms with Crippen LogP contribution in [0.2, 0.25) is 0 Å². The second kappa shape index (κ2) is 22.3. The minimum atomic E-state index is 0. The van der Waals surface area contributed by atoms with Gasteiger partial charge in [0.15, 0.2) is 0 Å². The first-order valence-corrected chi connectivity index (χ1v) is 17.3. The summed E-state index contributed by atoms with van der Waals surface area (Å²) in [6, 6.07) is 41.6. The summed E-state index contributed by atoms with van der Waals surface area (Å²) in [5.41, 5.74) is 6.91. The van der Waals surface area contributed by atoms with Crippen molar-refractivity contribution < 1.29 is 23.3 Å². The molecule has 186 valence electrons. The first-order valence-electron chi connectivity index (χ1n) is 11.4. The van der Waals surface area contributed by atoms with Gasteiger partial charge in [0, 0.05) is 0 Å². The topological polar surface area (TPSA) is 0 Å². The second-order valence-electron chi connectivity index (χ2n) is 7.22. The molecule has 0 unspecified atom stereocenters. The summed E-state index contributed by atoms with van der Waals surface area (Å²) in [7, 11) is 0. The molecule has 0 bridgehead atoms. The summed E-state index contributed by atoms with van der Waals surface area (Å²) in [6.07, 6.45) is 12.1. The number of hydrogen-bond acceptors (Lipinski definition) is 0. The van der Waals surface area contributed by atoms with Gasteiger partial charge in [-0.15, -0.1) is 42.4 Å². The van der Waals surface area contributed by atoms with Gasteiger partial charge in [-0.05, 0) is 6.42 Å².